The summed E-state index contributed by atoms with van der Waals surface area (Å²) in [6.07, 6.45) is 3.87. The maximum atomic E-state index is 14.4. The van der Waals surface area contributed by atoms with Crippen molar-refractivity contribution in [1.82, 2.24) is 20.3 Å². The van der Waals surface area contributed by atoms with Crippen LogP contribution in [0, 0.1) is 11.3 Å². The second-order valence-corrected chi connectivity index (χ2v) is 16.9. The highest BCUT2D eigenvalue weighted by Gasteiger charge is 2.62. The number of nitrogens with one attached hydrogen (secondary N) is 3. The standard InChI is InChI=1S/C36H46N4O8S/c1-5-24-19-36(24,33(43)39-49(45,46)27-16-17-27)38-31(41)29-18-26(47-21-23-12-8-11-22-10-6-7-15-28(22)23)20-40(29)32(42)30(35(2,3)4)37-34(44)48-25-13-9-14-25/h5-8,10-12,15,24-27,29-30H,1,9,13-14,16-21H2,2-4H3,(H,37,44)(H,38,41)(H,39,43)/t24-,26-,29+,30-,36+/m1/s1. The SMILES string of the molecule is C=C[C@@H]1C[C@@]1(NC(=O)[C@@H]1C[C@@H](OCc2cccc3ccccc23)CN1C(=O)[C@@H](NC(=O)OC1CCC1)C(C)(C)C)C(=O)NS(=O)(=O)C1CC1. The van der Waals surface area contributed by atoms with Crippen molar-refractivity contribution in [1.29, 1.82) is 0 Å². The maximum Gasteiger partial charge on any atom is 0.408 e. The molecule has 1 saturated heterocycles. The van der Waals surface area contributed by atoms with Crippen molar-refractivity contribution in [2.24, 2.45) is 11.3 Å². The van der Waals surface area contributed by atoms with Gasteiger partial charge in [-0.1, -0.05) is 69.3 Å². The molecule has 0 spiro atoms. The molecule has 3 N–H and O–H groups in total. The van der Waals surface area contributed by atoms with Crippen molar-refractivity contribution >= 4 is 44.6 Å². The van der Waals surface area contributed by atoms with Gasteiger partial charge in [0.15, 0.2) is 0 Å². The summed E-state index contributed by atoms with van der Waals surface area (Å²) in [5.74, 6) is -2.40. The molecule has 264 valence electrons. The topological polar surface area (TPSA) is 160 Å². The van der Waals surface area contributed by atoms with Gasteiger partial charge in [0.2, 0.25) is 21.8 Å². The highest BCUT2D eigenvalue weighted by molar-refractivity contribution is 7.91. The first-order valence-corrected chi connectivity index (χ1v) is 18.6. The van der Waals surface area contributed by atoms with Crippen LogP contribution in [0.2, 0.25) is 0 Å². The summed E-state index contributed by atoms with van der Waals surface area (Å²) >= 11 is 0. The van der Waals surface area contributed by atoms with Crippen LogP contribution in [0.15, 0.2) is 55.1 Å². The largest absolute Gasteiger partial charge is 0.446 e. The van der Waals surface area contributed by atoms with Crippen LogP contribution in [0.1, 0.15) is 71.3 Å². The number of sulfonamides is 1. The quantitative estimate of drug-likeness (QED) is 0.284. The molecule has 4 fully saturated rings. The van der Waals surface area contributed by atoms with E-state index in [-0.39, 0.29) is 32.1 Å². The third-order valence-electron chi connectivity index (χ3n) is 10.2. The zero-order valence-corrected chi connectivity index (χ0v) is 29.1. The van der Waals surface area contributed by atoms with Crippen molar-refractivity contribution < 1.29 is 37.1 Å². The minimum Gasteiger partial charge on any atom is -0.446 e. The highest BCUT2D eigenvalue weighted by atomic mass is 32.2. The molecule has 2 aromatic rings. The highest BCUT2D eigenvalue weighted by Crippen LogP contribution is 2.45. The third kappa shape index (κ3) is 7.47. The van der Waals surface area contributed by atoms with Gasteiger partial charge in [-0.3, -0.25) is 19.1 Å². The summed E-state index contributed by atoms with van der Waals surface area (Å²) in [6, 6.07) is 11.8. The van der Waals surface area contributed by atoms with Gasteiger partial charge in [0.25, 0.3) is 5.91 Å². The molecule has 0 radical (unpaired) electrons. The monoisotopic (exact) mass is 694 g/mol. The predicted octanol–water partition coefficient (Wildman–Crippen LogP) is 3.69. The number of rotatable bonds is 12. The number of alkyl carbamates (subject to hydrolysis) is 1. The van der Waals surface area contributed by atoms with Crippen LogP contribution in [0.25, 0.3) is 10.8 Å². The Bertz CT molecular complexity index is 1740. The molecule has 49 heavy (non-hydrogen) atoms. The number of likely N-dealkylation sites (tertiary alicyclic amines) is 1. The van der Waals surface area contributed by atoms with E-state index in [4.69, 9.17) is 9.47 Å². The molecule has 1 heterocycles. The van der Waals surface area contributed by atoms with Crippen LogP contribution >= 0.6 is 0 Å². The predicted molar refractivity (Wildman–Crippen MR) is 182 cm³/mol. The van der Waals surface area contributed by atoms with E-state index in [1.54, 1.807) is 0 Å². The molecule has 0 bridgehead atoms. The number of hydrogen-bond donors (Lipinski definition) is 3. The molecule has 4 amide bonds. The fourth-order valence-corrected chi connectivity index (χ4v) is 8.03. The second-order valence-electron chi connectivity index (χ2n) is 14.9. The molecular formula is C36H46N4O8S. The second kappa shape index (κ2) is 13.4. The molecule has 3 aliphatic carbocycles. The Kier molecular flexibility index (Phi) is 9.53. The van der Waals surface area contributed by atoms with Gasteiger partial charge in [-0.2, -0.15) is 0 Å². The van der Waals surface area contributed by atoms with E-state index in [0.29, 0.717) is 12.8 Å². The summed E-state index contributed by atoms with van der Waals surface area (Å²) in [5.41, 5.74) is -1.30. The average Bonchev–Trinajstić information content (AvgIpc) is 3.96. The summed E-state index contributed by atoms with van der Waals surface area (Å²) < 4.78 is 39.3. The Labute approximate surface area is 287 Å². The number of carbonyl (C=O) groups excluding carboxylic acids is 4. The van der Waals surface area contributed by atoms with Crippen LogP contribution in [0.4, 0.5) is 4.79 Å². The van der Waals surface area contributed by atoms with E-state index in [9.17, 15) is 27.6 Å². The maximum absolute atomic E-state index is 14.4. The number of ether oxygens (including phenoxy) is 2. The molecule has 6 rings (SSSR count). The van der Waals surface area contributed by atoms with Crippen molar-refractivity contribution in [2.75, 3.05) is 6.54 Å². The molecular weight excluding hydrogens is 648 g/mol. The fraction of sp³-hybridized carbons (Fsp3) is 0.556. The van der Waals surface area contributed by atoms with Crippen molar-refractivity contribution in [3.05, 3.63) is 60.7 Å². The molecule has 2 aromatic carbocycles. The number of amides is 4. The van der Waals surface area contributed by atoms with Crippen LogP contribution in [-0.4, -0.2) is 78.8 Å². The molecule has 4 aliphatic rings. The van der Waals surface area contributed by atoms with Gasteiger partial charge in [0.05, 0.1) is 18.0 Å². The van der Waals surface area contributed by atoms with E-state index >= 15 is 0 Å². The molecule has 0 aromatic heterocycles. The number of fused-ring (bicyclic) bond motifs is 1. The van der Waals surface area contributed by atoms with Crippen molar-refractivity contribution in [3.8, 4) is 0 Å². The lowest BCUT2D eigenvalue weighted by Gasteiger charge is -2.36. The van der Waals surface area contributed by atoms with Crippen LogP contribution in [0.3, 0.4) is 0 Å². The molecule has 5 atom stereocenters. The van der Waals surface area contributed by atoms with Gasteiger partial charge >= 0.3 is 6.09 Å². The molecule has 0 unspecified atom stereocenters. The third-order valence-corrected chi connectivity index (χ3v) is 12.0. The summed E-state index contributed by atoms with van der Waals surface area (Å²) in [6.45, 7) is 9.52. The summed E-state index contributed by atoms with van der Waals surface area (Å²) in [4.78, 5) is 56.2. The van der Waals surface area contributed by atoms with Gasteiger partial charge in [0.1, 0.15) is 23.7 Å². The van der Waals surface area contributed by atoms with Gasteiger partial charge < -0.3 is 25.0 Å². The molecule has 1 aliphatic heterocycles. The lowest BCUT2D eigenvalue weighted by Crippen LogP contribution is -2.60. The molecule has 3 saturated carbocycles. The van der Waals surface area contributed by atoms with Crippen LogP contribution < -0.4 is 15.4 Å². The number of hydrogen-bond acceptors (Lipinski definition) is 8. The van der Waals surface area contributed by atoms with Crippen LogP contribution in [0.5, 0.6) is 0 Å². The van der Waals surface area contributed by atoms with E-state index in [0.717, 1.165) is 35.6 Å². The lowest BCUT2D eigenvalue weighted by atomic mass is 9.85. The number of benzene rings is 2. The first kappa shape index (κ1) is 34.9. The van der Waals surface area contributed by atoms with E-state index < -0.39 is 74.1 Å². The van der Waals surface area contributed by atoms with Gasteiger partial charge in [-0.25, -0.2) is 13.2 Å². The van der Waals surface area contributed by atoms with Gasteiger partial charge in [0, 0.05) is 18.9 Å². The Morgan fingerprint density at radius 3 is 2.39 bits per heavy atom. The number of nitrogens with zero attached hydrogens (tertiary/aromatic N) is 1. The van der Waals surface area contributed by atoms with Crippen molar-refractivity contribution in [2.45, 2.75) is 107 Å². The minimum atomic E-state index is -3.87. The van der Waals surface area contributed by atoms with Gasteiger partial charge in [-0.15, -0.1) is 6.58 Å². The zero-order valence-electron chi connectivity index (χ0n) is 28.3. The molecule has 13 heteroatoms. The van der Waals surface area contributed by atoms with Crippen molar-refractivity contribution in [3.63, 3.8) is 0 Å². The van der Waals surface area contributed by atoms with E-state index in [1.807, 2.05) is 63.2 Å². The molecule has 12 nitrogen and oxygen atoms in total. The summed E-state index contributed by atoms with van der Waals surface area (Å²) in [7, 11) is -3.87. The Morgan fingerprint density at radius 2 is 1.76 bits per heavy atom. The summed E-state index contributed by atoms with van der Waals surface area (Å²) in [5, 5.41) is 7.03. The first-order valence-electron chi connectivity index (χ1n) is 17.1. The Morgan fingerprint density at radius 1 is 1.04 bits per heavy atom. The van der Waals surface area contributed by atoms with E-state index in [2.05, 4.69) is 21.9 Å². The van der Waals surface area contributed by atoms with Gasteiger partial charge in [-0.05, 0) is 60.3 Å². The average molecular weight is 695 g/mol. The Hall–Kier alpha value is -3.97. The minimum absolute atomic E-state index is 0.0633. The normalized spacial score (nSPS) is 25.9. The fourth-order valence-electron chi connectivity index (χ4n) is 6.66. The zero-order chi connectivity index (χ0) is 35.1. The smallest absolute Gasteiger partial charge is 0.408 e. The van der Waals surface area contributed by atoms with Crippen LogP contribution in [-0.2, 0) is 40.5 Å². The Balaban J connectivity index is 1.23. The first-order chi connectivity index (χ1) is 23.2. The number of carbonyl (C=O) groups is 4. The lowest BCUT2D eigenvalue weighted by molar-refractivity contribution is -0.143. The van der Waals surface area contributed by atoms with E-state index in [1.165, 1.54) is 11.0 Å².